The zero-order chi connectivity index (χ0) is 15.2. The number of rotatable bonds is 5. The van der Waals surface area contributed by atoms with E-state index >= 15 is 0 Å². The summed E-state index contributed by atoms with van der Waals surface area (Å²) in [6, 6.07) is 6.75. The lowest BCUT2D eigenvalue weighted by Crippen LogP contribution is -2.32. The van der Waals surface area contributed by atoms with Gasteiger partial charge in [-0.15, -0.1) is 0 Å². The molecule has 0 aliphatic carbocycles. The van der Waals surface area contributed by atoms with Crippen molar-refractivity contribution in [3.8, 4) is 0 Å². The molecule has 0 atom stereocenters. The van der Waals surface area contributed by atoms with Crippen molar-refractivity contribution in [2.24, 2.45) is 0 Å². The molecule has 0 aromatic heterocycles. The van der Waals surface area contributed by atoms with Crippen LogP contribution < -0.4 is 5.32 Å². The fourth-order valence-corrected chi connectivity index (χ4v) is 2.67. The molecular weight excluding hydrogens is 316 g/mol. The zero-order valence-electron chi connectivity index (χ0n) is 11.0. The van der Waals surface area contributed by atoms with Crippen LogP contribution in [-0.2, 0) is 14.3 Å². The normalized spacial score (nSPS) is 14.1. The van der Waals surface area contributed by atoms with Crippen LogP contribution in [0.2, 0.25) is 5.02 Å². The first-order valence-corrected chi connectivity index (χ1v) is 7.54. The first-order valence-electron chi connectivity index (χ1n) is 6.18. The van der Waals surface area contributed by atoms with Gasteiger partial charge in [-0.05, 0) is 12.1 Å². The van der Waals surface area contributed by atoms with Crippen LogP contribution in [0.1, 0.15) is 0 Å². The van der Waals surface area contributed by atoms with E-state index in [1.807, 2.05) is 0 Å². The summed E-state index contributed by atoms with van der Waals surface area (Å²) in [4.78, 5) is 35.9. The molecule has 21 heavy (non-hydrogen) atoms. The number of carbonyl (C=O) groups is 3. The molecule has 2 rings (SSSR count). The highest BCUT2D eigenvalue weighted by atomic mass is 35.5. The average Bonchev–Trinajstić information content (AvgIpc) is 2.85. The summed E-state index contributed by atoms with van der Waals surface area (Å²) in [6.07, 6.45) is 0. The van der Waals surface area contributed by atoms with Crippen LogP contribution in [0.25, 0.3) is 0 Å². The molecular formula is C13H13ClN2O4S. The molecule has 6 nitrogen and oxygen atoms in total. The molecule has 2 amide bonds. The third kappa shape index (κ3) is 4.64. The first kappa shape index (κ1) is 15.7. The summed E-state index contributed by atoms with van der Waals surface area (Å²) in [5.74, 6) is -0.433. The summed E-state index contributed by atoms with van der Waals surface area (Å²) < 4.78 is 4.83. The van der Waals surface area contributed by atoms with Crippen LogP contribution in [0.3, 0.4) is 0 Å². The quantitative estimate of drug-likeness (QED) is 0.837. The average molecular weight is 329 g/mol. The standard InChI is InChI=1S/C13H13ClN2O4S/c14-9-3-1-2-4-10(9)15-11(17)8-20-12(18)7-16-5-6-21-13(16)19/h1-4H,5-8H2,(H,15,17). The maximum atomic E-state index is 11.6. The summed E-state index contributed by atoms with van der Waals surface area (Å²) in [5.41, 5.74) is 0.450. The van der Waals surface area contributed by atoms with Gasteiger partial charge in [0, 0.05) is 12.3 Å². The van der Waals surface area contributed by atoms with Gasteiger partial charge in [-0.1, -0.05) is 35.5 Å². The molecule has 1 saturated heterocycles. The lowest BCUT2D eigenvalue weighted by atomic mass is 10.3. The van der Waals surface area contributed by atoms with E-state index in [0.717, 1.165) is 11.8 Å². The number of para-hydroxylation sites is 1. The highest BCUT2D eigenvalue weighted by Gasteiger charge is 2.24. The molecule has 1 fully saturated rings. The van der Waals surface area contributed by atoms with Gasteiger partial charge in [0.2, 0.25) is 0 Å². The molecule has 0 radical (unpaired) electrons. The predicted molar refractivity (Wildman–Crippen MR) is 80.5 cm³/mol. The number of ether oxygens (including phenoxy) is 1. The molecule has 1 N–H and O–H groups in total. The Kier molecular flexibility index (Phi) is 5.46. The number of hydrogen-bond acceptors (Lipinski definition) is 5. The number of carbonyl (C=O) groups excluding carboxylic acids is 3. The summed E-state index contributed by atoms with van der Waals surface area (Å²) in [7, 11) is 0. The van der Waals surface area contributed by atoms with Crippen molar-refractivity contribution in [3.63, 3.8) is 0 Å². The molecule has 0 saturated carbocycles. The van der Waals surface area contributed by atoms with E-state index in [1.165, 1.54) is 4.90 Å². The Morgan fingerprint density at radius 3 is 2.81 bits per heavy atom. The van der Waals surface area contributed by atoms with Gasteiger partial charge in [0.05, 0.1) is 10.7 Å². The van der Waals surface area contributed by atoms with Gasteiger partial charge in [0.15, 0.2) is 6.61 Å². The van der Waals surface area contributed by atoms with Gasteiger partial charge in [-0.25, -0.2) is 0 Å². The molecule has 8 heteroatoms. The van der Waals surface area contributed by atoms with E-state index < -0.39 is 18.5 Å². The summed E-state index contributed by atoms with van der Waals surface area (Å²) >= 11 is 7.05. The van der Waals surface area contributed by atoms with Crippen molar-refractivity contribution in [1.29, 1.82) is 0 Å². The van der Waals surface area contributed by atoms with Crippen LogP contribution in [0.5, 0.6) is 0 Å². The van der Waals surface area contributed by atoms with Crippen molar-refractivity contribution < 1.29 is 19.1 Å². The molecule has 1 aliphatic heterocycles. The second-order valence-electron chi connectivity index (χ2n) is 4.22. The minimum atomic E-state index is -0.611. The van der Waals surface area contributed by atoms with Gasteiger partial charge in [0.25, 0.3) is 11.1 Å². The van der Waals surface area contributed by atoms with Gasteiger partial charge < -0.3 is 15.0 Å². The number of amides is 2. The molecule has 112 valence electrons. The van der Waals surface area contributed by atoms with E-state index in [4.69, 9.17) is 16.3 Å². The summed E-state index contributed by atoms with van der Waals surface area (Å²) in [6.45, 7) is -0.0329. The van der Waals surface area contributed by atoms with Crippen LogP contribution >= 0.6 is 23.4 Å². The lowest BCUT2D eigenvalue weighted by Gasteiger charge is -2.13. The van der Waals surface area contributed by atoms with Crippen molar-refractivity contribution in [2.45, 2.75) is 0 Å². The molecule has 0 bridgehead atoms. The largest absolute Gasteiger partial charge is 0.454 e. The number of halogens is 1. The van der Waals surface area contributed by atoms with Crippen LogP contribution in [0.4, 0.5) is 10.5 Å². The number of nitrogens with one attached hydrogen (secondary N) is 1. The van der Waals surface area contributed by atoms with Gasteiger partial charge in [-0.3, -0.25) is 14.4 Å². The lowest BCUT2D eigenvalue weighted by molar-refractivity contribution is -0.147. The van der Waals surface area contributed by atoms with Crippen molar-refractivity contribution in [1.82, 2.24) is 4.90 Å². The maximum Gasteiger partial charge on any atom is 0.326 e. The van der Waals surface area contributed by atoms with E-state index in [9.17, 15) is 14.4 Å². The Morgan fingerprint density at radius 1 is 1.38 bits per heavy atom. The van der Waals surface area contributed by atoms with Crippen LogP contribution in [0, 0.1) is 0 Å². The number of nitrogens with zero attached hydrogens (tertiary/aromatic N) is 1. The molecule has 1 aromatic carbocycles. The fourth-order valence-electron chi connectivity index (χ4n) is 1.67. The second kappa shape index (κ2) is 7.33. The topological polar surface area (TPSA) is 75.7 Å². The number of esters is 1. The van der Waals surface area contributed by atoms with Gasteiger partial charge in [-0.2, -0.15) is 0 Å². The second-order valence-corrected chi connectivity index (χ2v) is 5.68. The Hall–Kier alpha value is -1.73. The number of thioether (sulfide) groups is 1. The highest BCUT2D eigenvalue weighted by Crippen LogP contribution is 2.20. The molecule has 0 unspecified atom stereocenters. The minimum absolute atomic E-state index is 0.134. The molecule has 1 aromatic rings. The predicted octanol–water partition coefficient (Wildman–Crippen LogP) is 1.99. The van der Waals surface area contributed by atoms with E-state index in [0.29, 0.717) is 23.0 Å². The van der Waals surface area contributed by atoms with Crippen molar-refractivity contribution >= 4 is 46.2 Å². The van der Waals surface area contributed by atoms with Gasteiger partial charge >= 0.3 is 5.97 Å². The molecule has 0 spiro atoms. The minimum Gasteiger partial charge on any atom is -0.454 e. The van der Waals surface area contributed by atoms with E-state index in [2.05, 4.69) is 5.32 Å². The Balaban J connectivity index is 1.75. The van der Waals surface area contributed by atoms with E-state index in [1.54, 1.807) is 24.3 Å². The third-order valence-electron chi connectivity index (χ3n) is 2.68. The Labute approximate surface area is 130 Å². The first-order chi connectivity index (χ1) is 10.1. The maximum absolute atomic E-state index is 11.6. The van der Waals surface area contributed by atoms with Crippen LogP contribution in [-0.4, -0.2) is 47.5 Å². The Bertz CT molecular complexity index is 567. The number of hydrogen-bond donors (Lipinski definition) is 1. The molecule has 1 aliphatic rings. The highest BCUT2D eigenvalue weighted by molar-refractivity contribution is 8.13. The molecule has 1 heterocycles. The zero-order valence-corrected chi connectivity index (χ0v) is 12.6. The number of benzene rings is 1. The van der Waals surface area contributed by atoms with E-state index in [-0.39, 0.29) is 11.8 Å². The fraction of sp³-hybridized carbons (Fsp3) is 0.308. The summed E-state index contributed by atoms with van der Waals surface area (Å²) in [5, 5.41) is 2.79. The van der Waals surface area contributed by atoms with Crippen molar-refractivity contribution in [3.05, 3.63) is 29.3 Å². The smallest absolute Gasteiger partial charge is 0.326 e. The van der Waals surface area contributed by atoms with Crippen LogP contribution in [0.15, 0.2) is 24.3 Å². The Morgan fingerprint density at radius 2 is 2.14 bits per heavy atom. The monoisotopic (exact) mass is 328 g/mol. The third-order valence-corrected chi connectivity index (χ3v) is 3.90. The van der Waals surface area contributed by atoms with Gasteiger partial charge in [0.1, 0.15) is 6.54 Å². The number of anilines is 1. The van der Waals surface area contributed by atoms with Crippen molar-refractivity contribution in [2.75, 3.05) is 30.8 Å². The SMILES string of the molecule is O=C(COC(=O)CN1CCSC1=O)Nc1ccccc1Cl.